The molecule has 1 heterocycles. The third kappa shape index (κ3) is 8.37. The molecule has 0 radical (unpaired) electrons. The molecular weight excluding hydrogens is 502 g/mol. The van der Waals surface area contributed by atoms with Gasteiger partial charge in [0.05, 0.1) is 24.8 Å². The van der Waals surface area contributed by atoms with Crippen molar-refractivity contribution in [3.63, 3.8) is 0 Å². The molecule has 1 N–H and O–H groups in total. The van der Waals surface area contributed by atoms with Gasteiger partial charge < -0.3 is 24.1 Å². The molecule has 0 aliphatic rings. The number of methoxy groups -OCH3 is 1. The van der Waals surface area contributed by atoms with Gasteiger partial charge in [0.15, 0.2) is 18.1 Å². The second kappa shape index (κ2) is 15.4. The number of hydrogen-bond donors (Lipinski definition) is 1. The lowest BCUT2D eigenvalue weighted by Gasteiger charge is -2.13. The van der Waals surface area contributed by atoms with Crippen LogP contribution in [0.15, 0.2) is 78.9 Å². The van der Waals surface area contributed by atoms with Gasteiger partial charge in [-0.15, -0.1) is 0 Å². The number of carbonyl (C=O) groups excluding carboxylic acids is 1. The van der Waals surface area contributed by atoms with E-state index in [0.717, 1.165) is 72.6 Å². The number of imidazole rings is 1. The Bertz CT molecular complexity index is 1380. The molecule has 0 saturated carbocycles. The third-order valence-electron chi connectivity index (χ3n) is 6.58. The Labute approximate surface area is 236 Å². The number of rotatable bonds is 16. The predicted molar refractivity (Wildman–Crippen MR) is 160 cm³/mol. The summed E-state index contributed by atoms with van der Waals surface area (Å²) in [6.45, 7) is 4.08. The van der Waals surface area contributed by atoms with E-state index in [1.54, 1.807) is 7.11 Å². The highest BCUT2D eigenvalue weighted by Gasteiger charge is 2.11. The van der Waals surface area contributed by atoms with E-state index in [1.807, 2.05) is 73.7 Å². The van der Waals surface area contributed by atoms with Gasteiger partial charge in [-0.1, -0.05) is 55.0 Å². The fraction of sp³-hybridized carbons (Fsp3) is 0.333. The number of nitrogens with zero attached hydrogens (tertiary/aromatic N) is 2. The van der Waals surface area contributed by atoms with Crippen LogP contribution in [0.25, 0.3) is 17.1 Å². The van der Waals surface area contributed by atoms with Crippen LogP contribution in [0.1, 0.15) is 44.0 Å². The SMILES string of the molecule is C/C=C/c1ccc(OCCCn2c(CCCCCNC(=O)COc3ccccc3)nc3ccccc32)c(OC)c1. The van der Waals surface area contributed by atoms with Gasteiger partial charge in [0.25, 0.3) is 5.91 Å². The first kappa shape index (κ1) is 28.7. The van der Waals surface area contributed by atoms with E-state index in [-0.39, 0.29) is 12.5 Å². The number of aromatic nitrogens is 2. The van der Waals surface area contributed by atoms with Crippen molar-refractivity contribution in [1.29, 1.82) is 0 Å². The molecule has 0 fully saturated rings. The van der Waals surface area contributed by atoms with Gasteiger partial charge in [0, 0.05) is 19.5 Å². The van der Waals surface area contributed by atoms with Crippen LogP contribution in [0.3, 0.4) is 0 Å². The van der Waals surface area contributed by atoms with Crippen LogP contribution in [0.5, 0.6) is 17.2 Å². The lowest BCUT2D eigenvalue weighted by atomic mass is 10.2. The van der Waals surface area contributed by atoms with Crippen LogP contribution in [0.2, 0.25) is 0 Å². The summed E-state index contributed by atoms with van der Waals surface area (Å²) in [6.07, 6.45) is 8.71. The van der Waals surface area contributed by atoms with Crippen LogP contribution >= 0.6 is 0 Å². The number of nitrogens with one attached hydrogen (secondary N) is 1. The van der Waals surface area contributed by atoms with Gasteiger partial charge in [-0.05, 0) is 68.1 Å². The number of amides is 1. The van der Waals surface area contributed by atoms with Gasteiger partial charge in [0.1, 0.15) is 11.6 Å². The van der Waals surface area contributed by atoms with Crippen molar-refractivity contribution < 1.29 is 19.0 Å². The van der Waals surface area contributed by atoms with Crippen LogP contribution in [0, 0.1) is 0 Å². The largest absolute Gasteiger partial charge is 0.493 e. The minimum atomic E-state index is -0.0979. The number of benzene rings is 3. The summed E-state index contributed by atoms with van der Waals surface area (Å²) >= 11 is 0. The van der Waals surface area contributed by atoms with Crippen molar-refractivity contribution in [3.05, 3.63) is 90.3 Å². The van der Waals surface area contributed by atoms with E-state index in [1.165, 1.54) is 0 Å². The zero-order valence-electron chi connectivity index (χ0n) is 23.5. The highest BCUT2D eigenvalue weighted by atomic mass is 16.5. The molecule has 1 aromatic heterocycles. The quantitative estimate of drug-likeness (QED) is 0.165. The number of unbranched alkanes of at least 4 members (excludes halogenated alkanes) is 2. The number of hydrogen-bond acceptors (Lipinski definition) is 5. The van der Waals surface area contributed by atoms with Crippen molar-refractivity contribution in [2.45, 2.75) is 45.6 Å². The Kier molecular flexibility index (Phi) is 11.0. The Morgan fingerprint density at radius 2 is 1.75 bits per heavy atom. The van der Waals surface area contributed by atoms with Crippen molar-refractivity contribution >= 4 is 23.0 Å². The summed E-state index contributed by atoms with van der Waals surface area (Å²) in [7, 11) is 1.67. The Morgan fingerprint density at radius 3 is 2.58 bits per heavy atom. The van der Waals surface area contributed by atoms with Gasteiger partial charge >= 0.3 is 0 Å². The minimum absolute atomic E-state index is 0.0338. The molecule has 40 heavy (non-hydrogen) atoms. The summed E-state index contributed by atoms with van der Waals surface area (Å²) in [6, 6.07) is 23.6. The maximum atomic E-state index is 12.0. The number of allylic oxidation sites excluding steroid dienone is 1. The number of ether oxygens (including phenoxy) is 3. The van der Waals surface area contributed by atoms with Crippen molar-refractivity contribution in [1.82, 2.24) is 14.9 Å². The molecule has 0 aliphatic carbocycles. The highest BCUT2D eigenvalue weighted by molar-refractivity contribution is 5.77. The second-order valence-electron chi connectivity index (χ2n) is 9.54. The maximum absolute atomic E-state index is 12.0. The molecule has 210 valence electrons. The number of fused-ring (bicyclic) bond motifs is 1. The standard InChI is InChI=1S/C33H39N3O4/c1-3-13-26-19-20-30(31(24-26)38-2)39-23-12-22-36-29-17-10-9-16-28(29)35-32(36)18-8-5-11-21-34-33(37)25-40-27-14-6-4-7-15-27/h3-4,6-7,9-10,13-17,19-20,24H,5,8,11-12,18,21-23,25H2,1-2H3,(H,34,37)/b13-3+. The first-order valence-electron chi connectivity index (χ1n) is 14.0. The minimum Gasteiger partial charge on any atom is -0.493 e. The lowest BCUT2D eigenvalue weighted by Crippen LogP contribution is -2.29. The molecule has 3 aromatic carbocycles. The van der Waals surface area contributed by atoms with Crippen LogP contribution < -0.4 is 19.5 Å². The zero-order valence-corrected chi connectivity index (χ0v) is 23.5. The first-order chi connectivity index (χ1) is 19.7. The average Bonchev–Trinajstić information content (AvgIpc) is 3.34. The summed E-state index contributed by atoms with van der Waals surface area (Å²) in [5, 5.41) is 2.94. The van der Waals surface area contributed by atoms with E-state index in [9.17, 15) is 4.79 Å². The highest BCUT2D eigenvalue weighted by Crippen LogP contribution is 2.29. The summed E-state index contributed by atoms with van der Waals surface area (Å²) in [5.74, 6) is 3.19. The van der Waals surface area contributed by atoms with E-state index in [0.29, 0.717) is 18.9 Å². The number of carbonyl (C=O) groups is 1. The molecule has 7 heteroatoms. The molecule has 0 bridgehead atoms. The van der Waals surface area contributed by atoms with Crippen LogP contribution in [-0.2, 0) is 17.8 Å². The van der Waals surface area contributed by atoms with E-state index in [2.05, 4.69) is 28.1 Å². The Hall–Kier alpha value is -4.26. The molecule has 4 aromatic rings. The second-order valence-corrected chi connectivity index (χ2v) is 9.54. The van der Waals surface area contributed by atoms with Gasteiger partial charge in [-0.3, -0.25) is 4.79 Å². The van der Waals surface area contributed by atoms with Crippen molar-refractivity contribution in [2.75, 3.05) is 26.9 Å². The maximum Gasteiger partial charge on any atom is 0.257 e. The topological polar surface area (TPSA) is 74.6 Å². The molecule has 4 rings (SSSR count). The van der Waals surface area contributed by atoms with Gasteiger partial charge in [-0.25, -0.2) is 4.98 Å². The Morgan fingerprint density at radius 1 is 0.925 bits per heavy atom. The fourth-order valence-corrected chi connectivity index (χ4v) is 4.60. The normalized spacial score (nSPS) is 11.2. The smallest absolute Gasteiger partial charge is 0.257 e. The van der Waals surface area contributed by atoms with Crippen LogP contribution in [0.4, 0.5) is 0 Å². The molecule has 1 amide bonds. The first-order valence-corrected chi connectivity index (χ1v) is 14.0. The summed E-state index contributed by atoms with van der Waals surface area (Å²) < 4.78 is 19.4. The zero-order chi connectivity index (χ0) is 28.0. The lowest BCUT2D eigenvalue weighted by molar-refractivity contribution is -0.123. The number of aryl methyl sites for hydroxylation is 2. The monoisotopic (exact) mass is 541 g/mol. The molecule has 7 nitrogen and oxygen atoms in total. The Balaban J connectivity index is 1.22. The number of para-hydroxylation sites is 3. The predicted octanol–water partition coefficient (Wildman–Crippen LogP) is 6.46. The van der Waals surface area contributed by atoms with Crippen molar-refractivity contribution in [3.8, 4) is 17.2 Å². The van der Waals surface area contributed by atoms with Gasteiger partial charge in [-0.2, -0.15) is 0 Å². The average molecular weight is 542 g/mol. The molecule has 0 aliphatic heterocycles. The summed E-state index contributed by atoms with van der Waals surface area (Å²) in [4.78, 5) is 17.0. The molecule has 0 atom stereocenters. The molecular formula is C33H39N3O4. The molecule has 0 unspecified atom stereocenters. The molecule has 0 saturated heterocycles. The fourth-order valence-electron chi connectivity index (χ4n) is 4.60. The molecule has 0 spiro atoms. The van der Waals surface area contributed by atoms with E-state index in [4.69, 9.17) is 19.2 Å². The van der Waals surface area contributed by atoms with Crippen molar-refractivity contribution in [2.24, 2.45) is 0 Å². The summed E-state index contributed by atoms with van der Waals surface area (Å²) in [5.41, 5.74) is 3.25. The van der Waals surface area contributed by atoms with Crippen LogP contribution in [-0.4, -0.2) is 42.3 Å². The van der Waals surface area contributed by atoms with E-state index >= 15 is 0 Å². The van der Waals surface area contributed by atoms with E-state index < -0.39 is 0 Å². The van der Waals surface area contributed by atoms with Gasteiger partial charge in [0.2, 0.25) is 0 Å². The third-order valence-corrected chi connectivity index (χ3v) is 6.58.